The van der Waals surface area contributed by atoms with E-state index < -0.39 is 10.8 Å². The average molecular weight is 475 g/mol. The van der Waals surface area contributed by atoms with E-state index in [0.29, 0.717) is 16.8 Å². The van der Waals surface area contributed by atoms with E-state index in [9.17, 15) is 9.32 Å². The zero-order chi connectivity index (χ0) is 21.9. The molecule has 2 aliphatic heterocycles. The van der Waals surface area contributed by atoms with Gasteiger partial charge in [0.25, 0.3) is 0 Å². The van der Waals surface area contributed by atoms with Crippen LogP contribution in [0.3, 0.4) is 0 Å². The van der Waals surface area contributed by atoms with E-state index in [1.807, 2.05) is 0 Å². The molecule has 1 saturated heterocycles. The molecule has 6 rings (SSSR count). The second-order valence-corrected chi connectivity index (χ2v) is 12.0. The summed E-state index contributed by atoms with van der Waals surface area (Å²) in [4.78, 5) is 21.5. The standard InChI is InChI=1S/C22H27ClN6O2S/c23-15-11-24-20(25-12-15)29-8-2-14(3-9-29)18-26-16-10-22(6-7-22)32(31)17(16)19(27-18)28-21(13-30)4-1-5-21/h11-12,14,30H,1-10,13H2,(H,26,27,28)/t32-/m1/s1. The molecule has 1 atom stereocenters. The fourth-order valence-electron chi connectivity index (χ4n) is 5.17. The zero-order valence-corrected chi connectivity index (χ0v) is 19.5. The Hall–Kier alpha value is -1.84. The molecule has 0 unspecified atom stereocenters. The van der Waals surface area contributed by atoms with Crippen molar-refractivity contribution in [1.82, 2.24) is 19.9 Å². The van der Waals surface area contributed by atoms with E-state index in [1.54, 1.807) is 12.4 Å². The highest BCUT2D eigenvalue weighted by atomic mass is 35.5. The summed E-state index contributed by atoms with van der Waals surface area (Å²) in [6.45, 7) is 1.72. The van der Waals surface area contributed by atoms with Crippen LogP contribution in [0.15, 0.2) is 17.3 Å². The highest BCUT2D eigenvalue weighted by Gasteiger charge is 2.56. The summed E-state index contributed by atoms with van der Waals surface area (Å²) in [5.74, 6) is 2.47. The molecule has 170 valence electrons. The predicted molar refractivity (Wildman–Crippen MR) is 123 cm³/mol. The smallest absolute Gasteiger partial charge is 0.225 e. The first-order chi connectivity index (χ1) is 15.5. The number of halogens is 1. The Kier molecular flexibility index (Phi) is 4.93. The lowest BCUT2D eigenvalue weighted by Gasteiger charge is -2.41. The number of piperidine rings is 1. The minimum atomic E-state index is -1.07. The number of hydrogen-bond donors (Lipinski definition) is 2. The average Bonchev–Trinajstić information content (AvgIpc) is 3.51. The Labute approximate surface area is 194 Å². The summed E-state index contributed by atoms with van der Waals surface area (Å²) in [6, 6.07) is 0. The molecule has 2 N–H and O–H groups in total. The molecule has 8 nitrogen and oxygen atoms in total. The molecule has 4 heterocycles. The zero-order valence-electron chi connectivity index (χ0n) is 17.9. The van der Waals surface area contributed by atoms with Crippen molar-refractivity contribution in [2.45, 2.75) is 72.5 Å². The predicted octanol–water partition coefficient (Wildman–Crippen LogP) is 2.83. The lowest BCUT2D eigenvalue weighted by atomic mass is 9.77. The summed E-state index contributed by atoms with van der Waals surface area (Å²) >= 11 is 5.92. The van der Waals surface area contributed by atoms with Crippen molar-refractivity contribution in [3.63, 3.8) is 0 Å². The molecule has 0 amide bonds. The summed E-state index contributed by atoms with van der Waals surface area (Å²) in [6.07, 6.45) is 10.8. The van der Waals surface area contributed by atoms with Crippen LogP contribution in [0.5, 0.6) is 0 Å². The van der Waals surface area contributed by atoms with Crippen molar-refractivity contribution in [3.8, 4) is 0 Å². The minimum Gasteiger partial charge on any atom is -0.394 e. The van der Waals surface area contributed by atoms with Gasteiger partial charge in [-0.1, -0.05) is 11.6 Å². The van der Waals surface area contributed by atoms with Gasteiger partial charge in [-0.2, -0.15) is 0 Å². The molecule has 2 aliphatic carbocycles. The van der Waals surface area contributed by atoms with Crippen LogP contribution in [0.25, 0.3) is 0 Å². The van der Waals surface area contributed by atoms with Gasteiger partial charge in [-0.3, -0.25) is 4.21 Å². The summed E-state index contributed by atoms with van der Waals surface area (Å²) < 4.78 is 13.2. The van der Waals surface area contributed by atoms with Crippen molar-refractivity contribution in [1.29, 1.82) is 0 Å². The third-order valence-electron chi connectivity index (χ3n) is 7.58. The van der Waals surface area contributed by atoms with Crippen LogP contribution in [0.1, 0.15) is 62.4 Å². The molecule has 4 aliphatic rings. The fourth-order valence-corrected chi connectivity index (χ4v) is 7.05. The molecule has 2 aromatic rings. The number of aliphatic hydroxyl groups excluding tert-OH is 1. The Morgan fingerprint density at radius 3 is 2.47 bits per heavy atom. The number of rotatable bonds is 5. The van der Waals surface area contributed by atoms with Crippen LogP contribution in [0.2, 0.25) is 5.02 Å². The largest absolute Gasteiger partial charge is 0.394 e. The number of aliphatic hydroxyl groups is 1. The van der Waals surface area contributed by atoms with Crippen molar-refractivity contribution in [2.24, 2.45) is 0 Å². The van der Waals surface area contributed by atoms with E-state index in [0.717, 1.165) is 80.9 Å². The van der Waals surface area contributed by atoms with Crippen LogP contribution in [-0.4, -0.2) is 59.2 Å². The van der Waals surface area contributed by atoms with Crippen LogP contribution in [-0.2, 0) is 17.2 Å². The molecule has 0 bridgehead atoms. The maximum Gasteiger partial charge on any atom is 0.225 e. The number of nitrogens with one attached hydrogen (secondary N) is 1. The molecule has 3 fully saturated rings. The third-order valence-corrected chi connectivity index (χ3v) is 9.91. The van der Waals surface area contributed by atoms with E-state index in [-0.39, 0.29) is 22.8 Å². The number of anilines is 2. The molecular weight excluding hydrogens is 448 g/mol. The number of fused-ring (bicyclic) bond motifs is 1. The molecule has 1 spiro atoms. The molecule has 2 aromatic heterocycles. The van der Waals surface area contributed by atoms with Gasteiger partial charge in [-0.15, -0.1) is 0 Å². The summed E-state index contributed by atoms with van der Waals surface area (Å²) in [7, 11) is -1.07. The Balaban J connectivity index is 1.27. The van der Waals surface area contributed by atoms with Gasteiger partial charge in [0, 0.05) is 25.4 Å². The fraction of sp³-hybridized carbons (Fsp3) is 0.636. The summed E-state index contributed by atoms with van der Waals surface area (Å²) in [5.41, 5.74) is 0.613. The van der Waals surface area contributed by atoms with Gasteiger partial charge in [-0.25, -0.2) is 19.9 Å². The van der Waals surface area contributed by atoms with E-state index in [4.69, 9.17) is 21.6 Å². The first kappa shape index (κ1) is 20.7. The topological polar surface area (TPSA) is 104 Å². The summed E-state index contributed by atoms with van der Waals surface area (Å²) in [5, 5.41) is 14.0. The Morgan fingerprint density at radius 2 is 1.88 bits per heavy atom. The highest BCUT2D eigenvalue weighted by molar-refractivity contribution is 7.87. The minimum absolute atomic E-state index is 0.0678. The third kappa shape index (κ3) is 3.40. The van der Waals surface area contributed by atoms with E-state index in [2.05, 4.69) is 20.2 Å². The lowest BCUT2D eigenvalue weighted by molar-refractivity contribution is 0.143. The van der Waals surface area contributed by atoms with Crippen LogP contribution in [0.4, 0.5) is 11.8 Å². The van der Waals surface area contributed by atoms with Crippen molar-refractivity contribution in [3.05, 3.63) is 28.9 Å². The lowest BCUT2D eigenvalue weighted by Crippen LogP contribution is -2.48. The van der Waals surface area contributed by atoms with Crippen molar-refractivity contribution < 1.29 is 9.32 Å². The Morgan fingerprint density at radius 1 is 1.16 bits per heavy atom. The van der Waals surface area contributed by atoms with Crippen LogP contribution in [0, 0.1) is 0 Å². The maximum atomic E-state index is 13.3. The first-order valence-corrected chi connectivity index (χ1v) is 13.0. The first-order valence-electron chi connectivity index (χ1n) is 11.5. The molecular formula is C22H27ClN6O2S. The number of nitrogens with zero attached hydrogens (tertiary/aromatic N) is 5. The van der Waals surface area contributed by atoms with Gasteiger partial charge in [0.1, 0.15) is 16.5 Å². The highest BCUT2D eigenvalue weighted by Crippen LogP contribution is 2.54. The second kappa shape index (κ2) is 7.60. The van der Waals surface area contributed by atoms with Crippen LogP contribution >= 0.6 is 11.6 Å². The quantitative estimate of drug-likeness (QED) is 0.681. The SMILES string of the molecule is O=[S@@]1c2c(nc(C3CCN(c4ncc(Cl)cn4)CC3)nc2NC2(CO)CCC2)CC12CC2. The Bertz CT molecular complexity index is 1060. The van der Waals surface area contributed by atoms with E-state index >= 15 is 0 Å². The van der Waals surface area contributed by atoms with Gasteiger partial charge in [0.05, 0.1) is 50.8 Å². The monoisotopic (exact) mass is 474 g/mol. The normalized spacial score (nSPS) is 25.4. The maximum absolute atomic E-state index is 13.3. The van der Waals surface area contributed by atoms with E-state index in [1.165, 1.54) is 0 Å². The molecule has 32 heavy (non-hydrogen) atoms. The molecule has 0 aromatic carbocycles. The van der Waals surface area contributed by atoms with Gasteiger partial charge in [0.15, 0.2) is 0 Å². The molecule has 0 radical (unpaired) electrons. The van der Waals surface area contributed by atoms with Crippen molar-refractivity contribution >= 4 is 34.2 Å². The van der Waals surface area contributed by atoms with Gasteiger partial charge in [0.2, 0.25) is 5.95 Å². The van der Waals surface area contributed by atoms with Gasteiger partial charge in [-0.05, 0) is 44.9 Å². The van der Waals surface area contributed by atoms with Crippen LogP contribution < -0.4 is 10.2 Å². The second-order valence-electron chi connectivity index (χ2n) is 9.71. The van der Waals surface area contributed by atoms with Crippen molar-refractivity contribution in [2.75, 3.05) is 29.9 Å². The molecule has 10 heteroatoms. The van der Waals surface area contributed by atoms with Gasteiger partial charge < -0.3 is 15.3 Å². The molecule has 2 saturated carbocycles. The number of aromatic nitrogens is 4. The van der Waals surface area contributed by atoms with Gasteiger partial charge >= 0.3 is 0 Å². The number of hydrogen-bond acceptors (Lipinski definition) is 8.